The molecule has 4 aromatic heterocycles. The van der Waals surface area contributed by atoms with Gasteiger partial charge in [0.05, 0.1) is 23.3 Å². The van der Waals surface area contributed by atoms with Crippen LogP contribution in [0.4, 0.5) is 4.39 Å². The molecule has 0 aromatic carbocycles. The molecule has 4 aromatic rings. The van der Waals surface area contributed by atoms with E-state index in [4.69, 9.17) is 0 Å². The molecule has 1 N–H and O–H groups in total. The highest BCUT2D eigenvalue weighted by Crippen LogP contribution is 2.48. The number of nitrogens with zero attached hydrogens (tertiary/aromatic N) is 5. The molecular formula is C20H19FN6. The van der Waals surface area contributed by atoms with Gasteiger partial charge in [0.25, 0.3) is 0 Å². The van der Waals surface area contributed by atoms with Gasteiger partial charge in [-0.1, -0.05) is 0 Å². The third kappa shape index (κ3) is 2.06. The molecule has 2 aliphatic heterocycles. The van der Waals surface area contributed by atoms with Gasteiger partial charge < -0.3 is 9.72 Å². The van der Waals surface area contributed by atoms with Gasteiger partial charge >= 0.3 is 0 Å². The Kier molecular flexibility index (Phi) is 2.78. The molecule has 0 atom stereocenters. The Morgan fingerprint density at radius 1 is 1.11 bits per heavy atom. The molecule has 6 heterocycles. The predicted octanol–water partition coefficient (Wildman–Crippen LogP) is 2.80. The van der Waals surface area contributed by atoms with Crippen LogP contribution in [0.5, 0.6) is 0 Å². The minimum absolute atomic E-state index is 0.0887. The van der Waals surface area contributed by atoms with Crippen LogP contribution in [0, 0.1) is 19.7 Å². The first-order valence-electron chi connectivity index (χ1n) is 9.27. The average Bonchev–Trinajstić information content (AvgIpc) is 3.34. The summed E-state index contributed by atoms with van der Waals surface area (Å²) in [6.45, 7) is 4.87. The van der Waals surface area contributed by atoms with Crippen molar-refractivity contribution in [2.45, 2.75) is 38.1 Å². The zero-order valence-corrected chi connectivity index (χ0v) is 15.2. The zero-order chi connectivity index (χ0) is 18.3. The Hall–Kier alpha value is -2.80. The summed E-state index contributed by atoms with van der Waals surface area (Å²) in [5.41, 5.74) is 5.66. The van der Waals surface area contributed by atoms with Crippen molar-refractivity contribution in [2.24, 2.45) is 0 Å². The number of imidazole rings is 2. The molecule has 1 aliphatic carbocycles. The fraction of sp³-hybridized carbons (Fsp3) is 0.350. The third-order valence-corrected chi connectivity index (χ3v) is 6.08. The summed E-state index contributed by atoms with van der Waals surface area (Å²) in [4.78, 5) is 9.10. The minimum atomic E-state index is -0.321. The fourth-order valence-electron chi connectivity index (χ4n) is 4.65. The number of pyridine rings is 1. The summed E-state index contributed by atoms with van der Waals surface area (Å²) >= 11 is 0. The van der Waals surface area contributed by atoms with E-state index in [1.165, 1.54) is 6.07 Å². The van der Waals surface area contributed by atoms with Crippen molar-refractivity contribution in [2.75, 3.05) is 6.54 Å². The number of hydrogen-bond donors (Lipinski definition) is 1. The van der Waals surface area contributed by atoms with Gasteiger partial charge in [-0.2, -0.15) is 5.10 Å². The van der Waals surface area contributed by atoms with Gasteiger partial charge in [0.1, 0.15) is 0 Å². The van der Waals surface area contributed by atoms with Gasteiger partial charge in [0.15, 0.2) is 17.1 Å². The lowest BCUT2D eigenvalue weighted by Gasteiger charge is -2.35. The number of rotatable bonds is 2. The molecule has 136 valence electrons. The van der Waals surface area contributed by atoms with Gasteiger partial charge in [0, 0.05) is 36.0 Å². The van der Waals surface area contributed by atoms with Crippen LogP contribution in [-0.2, 0) is 5.41 Å². The lowest BCUT2D eigenvalue weighted by Crippen LogP contribution is -2.37. The van der Waals surface area contributed by atoms with E-state index < -0.39 is 0 Å². The van der Waals surface area contributed by atoms with E-state index in [2.05, 4.69) is 20.4 Å². The predicted molar refractivity (Wildman–Crippen MR) is 99.3 cm³/mol. The Morgan fingerprint density at radius 2 is 1.96 bits per heavy atom. The normalized spacial score (nSPS) is 24.0. The summed E-state index contributed by atoms with van der Waals surface area (Å²) < 4.78 is 18.4. The Balaban J connectivity index is 1.50. The van der Waals surface area contributed by atoms with Crippen LogP contribution in [0.3, 0.4) is 0 Å². The molecule has 0 amide bonds. The van der Waals surface area contributed by atoms with E-state index in [0.29, 0.717) is 11.7 Å². The van der Waals surface area contributed by atoms with E-state index in [0.717, 1.165) is 53.2 Å². The number of nitrogens with one attached hydrogen (secondary N) is 1. The molecular weight excluding hydrogens is 343 g/mol. The standard InChI is InChI=1S/C20H19FN6/c1-11-3-16(25-27-7-12(2)23-18(11)27)13-4-15(21)19-24-17(9-26(19)8-13)20-5-14(6-20)22-10-20/h3-4,7-9,14,22H,5-6,10H2,1-2H3. The molecule has 0 unspecified atom stereocenters. The summed E-state index contributed by atoms with van der Waals surface area (Å²) in [6.07, 6.45) is 7.99. The van der Waals surface area contributed by atoms with Gasteiger partial charge in [-0.15, -0.1) is 0 Å². The second-order valence-corrected chi connectivity index (χ2v) is 8.06. The number of aryl methyl sites for hydroxylation is 2. The smallest absolute Gasteiger partial charge is 0.173 e. The maximum Gasteiger partial charge on any atom is 0.173 e. The van der Waals surface area contributed by atoms with Crippen LogP contribution >= 0.6 is 0 Å². The Morgan fingerprint density at radius 3 is 2.74 bits per heavy atom. The third-order valence-electron chi connectivity index (χ3n) is 6.08. The molecule has 2 saturated heterocycles. The van der Waals surface area contributed by atoms with Crippen molar-refractivity contribution < 1.29 is 4.39 Å². The first-order chi connectivity index (χ1) is 13.0. The quantitative estimate of drug-likeness (QED) is 0.596. The van der Waals surface area contributed by atoms with Gasteiger partial charge in [0.2, 0.25) is 0 Å². The molecule has 2 bridgehead atoms. The van der Waals surface area contributed by atoms with Gasteiger partial charge in [-0.3, -0.25) is 0 Å². The molecule has 6 nitrogen and oxygen atoms in total. The van der Waals surface area contributed by atoms with Gasteiger partial charge in [-0.05, 0) is 44.4 Å². The topological polar surface area (TPSA) is 59.5 Å². The van der Waals surface area contributed by atoms with Crippen LogP contribution < -0.4 is 5.32 Å². The fourth-order valence-corrected chi connectivity index (χ4v) is 4.65. The summed E-state index contributed by atoms with van der Waals surface area (Å²) in [6, 6.07) is 4.08. The van der Waals surface area contributed by atoms with Crippen LogP contribution in [-0.4, -0.2) is 36.6 Å². The van der Waals surface area contributed by atoms with Crippen LogP contribution in [0.15, 0.2) is 30.7 Å². The van der Waals surface area contributed by atoms with Crippen molar-refractivity contribution >= 4 is 11.3 Å². The zero-order valence-electron chi connectivity index (χ0n) is 15.2. The van der Waals surface area contributed by atoms with E-state index in [9.17, 15) is 4.39 Å². The van der Waals surface area contributed by atoms with E-state index in [1.54, 1.807) is 8.92 Å². The van der Waals surface area contributed by atoms with E-state index in [-0.39, 0.29) is 11.2 Å². The van der Waals surface area contributed by atoms with Crippen molar-refractivity contribution in [3.05, 3.63) is 53.5 Å². The molecule has 7 heteroatoms. The van der Waals surface area contributed by atoms with Crippen LogP contribution in [0.1, 0.15) is 29.8 Å². The lowest BCUT2D eigenvalue weighted by molar-refractivity contribution is 0.298. The second-order valence-electron chi connectivity index (χ2n) is 8.06. The number of halogens is 1. The molecule has 0 radical (unpaired) electrons. The molecule has 1 saturated carbocycles. The van der Waals surface area contributed by atoms with Crippen molar-refractivity contribution in [3.8, 4) is 11.3 Å². The first kappa shape index (κ1) is 15.3. The van der Waals surface area contributed by atoms with Crippen LogP contribution in [0.2, 0.25) is 0 Å². The highest BCUT2D eigenvalue weighted by Gasteiger charge is 2.52. The average molecular weight is 362 g/mol. The van der Waals surface area contributed by atoms with Crippen molar-refractivity contribution in [3.63, 3.8) is 0 Å². The summed E-state index contributed by atoms with van der Waals surface area (Å²) in [7, 11) is 0. The SMILES string of the molecule is Cc1cn2nc(-c3cc(F)c4nc(C56CNC(C5)C6)cn4c3)cc(C)c2n1. The second kappa shape index (κ2) is 4.92. The molecule has 27 heavy (non-hydrogen) atoms. The lowest BCUT2D eigenvalue weighted by atomic mass is 9.68. The monoisotopic (exact) mass is 362 g/mol. The Bertz CT molecular complexity index is 1220. The minimum Gasteiger partial charge on any atom is -0.313 e. The summed E-state index contributed by atoms with van der Waals surface area (Å²) in [5.74, 6) is -0.321. The summed E-state index contributed by atoms with van der Waals surface area (Å²) in [5, 5.41) is 8.12. The number of hydrogen-bond acceptors (Lipinski definition) is 4. The number of fused-ring (bicyclic) bond motifs is 3. The number of aromatic nitrogens is 5. The highest BCUT2D eigenvalue weighted by molar-refractivity contribution is 5.64. The Labute approximate surface area is 155 Å². The molecule has 7 rings (SSSR count). The first-order valence-corrected chi connectivity index (χ1v) is 9.27. The maximum absolute atomic E-state index is 14.8. The molecule has 3 aliphatic rings. The maximum atomic E-state index is 14.8. The largest absolute Gasteiger partial charge is 0.313 e. The molecule has 3 fully saturated rings. The van der Waals surface area contributed by atoms with E-state index in [1.807, 2.05) is 38.5 Å². The highest BCUT2D eigenvalue weighted by atomic mass is 19.1. The van der Waals surface area contributed by atoms with Gasteiger partial charge in [-0.25, -0.2) is 18.9 Å². The van der Waals surface area contributed by atoms with Crippen molar-refractivity contribution in [1.29, 1.82) is 0 Å². The van der Waals surface area contributed by atoms with Crippen molar-refractivity contribution in [1.82, 2.24) is 29.3 Å². The molecule has 0 spiro atoms. The van der Waals surface area contributed by atoms with Crippen LogP contribution in [0.25, 0.3) is 22.6 Å². The van der Waals surface area contributed by atoms with E-state index >= 15 is 0 Å².